The molecule has 2 fully saturated rings. The van der Waals surface area contributed by atoms with Gasteiger partial charge in [-0.1, -0.05) is 6.92 Å². The zero-order valence-electron chi connectivity index (χ0n) is 16.9. The lowest BCUT2D eigenvalue weighted by Crippen LogP contribution is -2.47. The van der Waals surface area contributed by atoms with E-state index in [0.29, 0.717) is 6.04 Å². The van der Waals surface area contributed by atoms with Gasteiger partial charge in [-0.2, -0.15) is 0 Å². The summed E-state index contributed by atoms with van der Waals surface area (Å²) in [6.07, 6.45) is 6.09. The maximum Gasteiger partial charge on any atom is 0.140 e. The fourth-order valence-electron chi connectivity index (χ4n) is 4.12. The van der Waals surface area contributed by atoms with E-state index in [9.17, 15) is 0 Å². The predicted molar refractivity (Wildman–Crippen MR) is 111 cm³/mol. The lowest BCUT2D eigenvalue weighted by molar-refractivity contribution is 0.0700. The molecular formula is C22H32N4O2. The van der Waals surface area contributed by atoms with Gasteiger partial charge in [0, 0.05) is 69.9 Å². The van der Waals surface area contributed by atoms with Crippen LogP contribution in [0.5, 0.6) is 5.75 Å². The number of ether oxygens (including phenoxy) is 2. The summed E-state index contributed by atoms with van der Waals surface area (Å²) in [5.74, 6) is 1.97. The van der Waals surface area contributed by atoms with Crippen molar-refractivity contribution in [1.29, 1.82) is 0 Å². The van der Waals surface area contributed by atoms with Gasteiger partial charge < -0.3 is 18.9 Å². The summed E-state index contributed by atoms with van der Waals surface area (Å²) in [7, 11) is 0. The lowest BCUT2D eigenvalue weighted by Gasteiger charge is -2.33. The van der Waals surface area contributed by atoms with Crippen LogP contribution in [0.3, 0.4) is 0 Å². The number of likely N-dealkylation sites (N-methyl/N-ethyl adjacent to an activating group) is 1. The predicted octanol–water partition coefficient (Wildman–Crippen LogP) is 2.92. The average molecular weight is 385 g/mol. The highest BCUT2D eigenvalue weighted by molar-refractivity contribution is 5.57. The molecule has 1 aromatic heterocycles. The van der Waals surface area contributed by atoms with Gasteiger partial charge in [0.1, 0.15) is 18.2 Å². The minimum absolute atomic E-state index is 0.482. The van der Waals surface area contributed by atoms with Crippen LogP contribution < -0.4 is 4.74 Å². The Morgan fingerprint density at radius 3 is 2.46 bits per heavy atom. The minimum atomic E-state index is 0.482. The topological polar surface area (TPSA) is 42.8 Å². The van der Waals surface area contributed by atoms with E-state index in [4.69, 9.17) is 9.47 Å². The maximum atomic E-state index is 5.98. The second-order valence-corrected chi connectivity index (χ2v) is 7.65. The number of hydrogen-bond acceptors (Lipinski definition) is 5. The Kier molecular flexibility index (Phi) is 6.62. The van der Waals surface area contributed by atoms with Gasteiger partial charge in [0.15, 0.2) is 0 Å². The molecule has 0 unspecified atom stereocenters. The largest absolute Gasteiger partial charge is 0.492 e. The van der Waals surface area contributed by atoms with E-state index < -0.39 is 0 Å². The summed E-state index contributed by atoms with van der Waals surface area (Å²) in [6, 6.07) is 8.84. The highest BCUT2D eigenvalue weighted by Crippen LogP contribution is 2.28. The molecule has 152 valence electrons. The van der Waals surface area contributed by atoms with Crippen molar-refractivity contribution in [2.75, 3.05) is 59.1 Å². The molecule has 2 saturated heterocycles. The van der Waals surface area contributed by atoms with Crippen LogP contribution in [-0.2, 0) is 4.74 Å². The third-order valence-electron chi connectivity index (χ3n) is 5.95. The fourth-order valence-corrected chi connectivity index (χ4v) is 4.12. The lowest BCUT2D eigenvalue weighted by atomic mass is 10.1. The van der Waals surface area contributed by atoms with Gasteiger partial charge in [0.2, 0.25) is 0 Å². The number of rotatable bonds is 7. The molecule has 0 spiro atoms. The maximum absolute atomic E-state index is 5.98. The SMILES string of the molecule is CCN1CCN(CCOc2ccc(-c3nccn3C3CCOCC3)cc2)CC1. The van der Waals surface area contributed by atoms with Crippen molar-refractivity contribution >= 4 is 0 Å². The molecule has 2 aromatic rings. The van der Waals surface area contributed by atoms with Gasteiger partial charge in [-0.05, 0) is 43.7 Å². The number of piperazine rings is 1. The van der Waals surface area contributed by atoms with Crippen LogP contribution in [0.15, 0.2) is 36.7 Å². The third kappa shape index (κ3) is 4.74. The van der Waals surface area contributed by atoms with E-state index in [2.05, 4.69) is 56.7 Å². The number of imidazole rings is 1. The van der Waals surface area contributed by atoms with Gasteiger partial charge >= 0.3 is 0 Å². The normalized spacial score (nSPS) is 19.8. The molecule has 2 aliphatic heterocycles. The van der Waals surface area contributed by atoms with Crippen molar-refractivity contribution < 1.29 is 9.47 Å². The first-order valence-corrected chi connectivity index (χ1v) is 10.6. The first-order valence-electron chi connectivity index (χ1n) is 10.6. The number of hydrogen-bond donors (Lipinski definition) is 0. The van der Waals surface area contributed by atoms with Crippen molar-refractivity contribution in [3.05, 3.63) is 36.7 Å². The first-order chi connectivity index (χ1) is 13.8. The molecule has 0 N–H and O–H groups in total. The Hall–Kier alpha value is -1.89. The zero-order valence-corrected chi connectivity index (χ0v) is 16.9. The first kappa shape index (κ1) is 19.4. The molecule has 6 nitrogen and oxygen atoms in total. The Balaban J connectivity index is 1.29. The van der Waals surface area contributed by atoms with Crippen molar-refractivity contribution in [3.63, 3.8) is 0 Å². The minimum Gasteiger partial charge on any atom is -0.492 e. The Labute approximate surface area is 168 Å². The molecule has 2 aliphatic rings. The molecule has 0 bridgehead atoms. The average Bonchev–Trinajstić information content (AvgIpc) is 3.25. The second-order valence-electron chi connectivity index (χ2n) is 7.65. The number of aromatic nitrogens is 2. The molecule has 0 saturated carbocycles. The van der Waals surface area contributed by atoms with Crippen LogP contribution in [0.25, 0.3) is 11.4 Å². The van der Waals surface area contributed by atoms with Gasteiger partial charge in [-0.25, -0.2) is 4.98 Å². The van der Waals surface area contributed by atoms with Gasteiger partial charge in [-0.15, -0.1) is 0 Å². The van der Waals surface area contributed by atoms with E-state index in [0.717, 1.165) is 76.0 Å². The van der Waals surface area contributed by atoms with Crippen LogP contribution in [0.2, 0.25) is 0 Å². The van der Waals surface area contributed by atoms with Crippen molar-refractivity contribution in [2.24, 2.45) is 0 Å². The van der Waals surface area contributed by atoms with Crippen molar-refractivity contribution in [1.82, 2.24) is 19.4 Å². The van der Waals surface area contributed by atoms with Crippen molar-refractivity contribution in [3.8, 4) is 17.1 Å². The summed E-state index contributed by atoms with van der Waals surface area (Å²) < 4.78 is 13.8. The number of nitrogens with zero attached hydrogens (tertiary/aromatic N) is 4. The Bertz CT molecular complexity index is 716. The standard InChI is InChI=1S/C22H32N4O2/c1-2-24-11-13-25(14-12-24)15-18-28-21-5-3-19(4-6-21)22-23-9-10-26(22)20-7-16-27-17-8-20/h3-6,9-10,20H,2,7-8,11-18H2,1H3. The Morgan fingerprint density at radius 2 is 1.75 bits per heavy atom. The molecule has 0 amide bonds. The van der Waals surface area contributed by atoms with Crippen LogP contribution in [0, 0.1) is 0 Å². The molecule has 0 radical (unpaired) electrons. The van der Waals surface area contributed by atoms with Gasteiger partial charge in [-0.3, -0.25) is 4.90 Å². The number of benzene rings is 1. The highest BCUT2D eigenvalue weighted by Gasteiger charge is 2.19. The van der Waals surface area contributed by atoms with Gasteiger partial charge in [0.25, 0.3) is 0 Å². The molecular weight excluding hydrogens is 352 g/mol. The zero-order chi connectivity index (χ0) is 19.2. The summed E-state index contributed by atoms with van der Waals surface area (Å²) in [4.78, 5) is 9.59. The summed E-state index contributed by atoms with van der Waals surface area (Å²) in [5.41, 5.74) is 1.14. The van der Waals surface area contributed by atoms with Crippen LogP contribution in [0.4, 0.5) is 0 Å². The molecule has 0 atom stereocenters. The second kappa shape index (κ2) is 9.54. The third-order valence-corrected chi connectivity index (χ3v) is 5.95. The van der Waals surface area contributed by atoms with Crippen LogP contribution in [0.1, 0.15) is 25.8 Å². The quantitative estimate of drug-likeness (QED) is 0.734. The smallest absolute Gasteiger partial charge is 0.140 e. The monoisotopic (exact) mass is 384 g/mol. The molecule has 0 aliphatic carbocycles. The van der Waals surface area contributed by atoms with E-state index in [1.807, 2.05) is 6.20 Å². The van der Waals surface area contributed by atoms with Crippen molar-refractivity contribution in [2.45, 2.75) is 25.8 Å². The van der Waals surface area contributed by atoms with E-state index in [-0.39, 0.29) is 0 Å². The molecule has 6 heteroatoms. The summed E-state index contributed by atoms with van der Waals surface area (Å²) in [6.45, 7) is 11.4. The highest BCUT2D eigenvalue weighted by atomic mass is 16.5. The molecule has 28 heavy (non-hydrogen) atoms. The molecule has 4 rings (SSSR count). The van der Waals surface area contributed by atoms with Gasteiger partial charge in [0.05, 0.1) is 0 Å². The summed E-state index contributed by atoms with van der Waals surface area (Å²) >= 11 is 0. The van der Waals surface area contributed by atoms with E-state index in [1.54, 1.807) is 0 Å². The Morgan fingerprint density at radius 1 is 1.04 bits per heavy atom. The molecule has 3 heterocycles. The van der Waals surface area contributed by atoms with Crippen LogP contribution >= 0.6 is 0 Å². The van der Waals surface area contributed by atoms with E-state index in [1.165, 1.54) is 13.1 Å². The summed E-state index contributed by atoms with van der Waals surface area (Å²) in [5, 5.41) is 0. The van der Waals surface area contributed by atoms with Crippen LogP contribution in [-0.4, -0.2) is 78.4 Å². The molecule has 1 aromatic carbocycles. The fraction of sp³-hybridized carbons (Fsp3) is 0.591. The van der Waals surface area contributed by atoms with E-state index >= 15 is 0 Å².